The maximum absolute atomic E-state index is 11.9. The molecule has 1 amide bonds. The molecule has 98 valence electrons. The zero-order valence-corrected chi connectivity index (χ0v) is 10.8. The van der Waals surface area contributed by atoms with Crippen molar-refractivity contribution in [2.45, 2.75) is 12.1 Å². The van der Waals surface area contributed by atoms with Crippen molar-refractivity contribution in [3.8, 4) is 11.8 Å². The Morgan fingerprint density at radius 1 is 1.26 bits per heavy atom. The van der Waals surface area contributed by atoms with Crippen LogP contribution in [0.5, 0.6) is 11.8 Å². The summed E-state index contributed by atoms with van der Waals surface area (Å²) in [6.07, 6.45) is 0. The standard InChI is InChI=1S/C12H11N3O3S/c1-6-3-2-4-7(5-6)9(16)13-8-10(17)14-12(19)15-11(8)18/h2-5H,1H3,(H,13,16)(H3,14,15,17,18,19). The molecule has 19 heavy (non-hydrogen) atoms. The van der Waals surface area contributed by atoms with Crippen LogP contribution in [0.3, 0.4) is 0 Å². The van der Waals surface area contributed by atoms with Crippen molar-refractivity contribution in [1.82, 2.24) is 9.97 Å². The number of benzene rings is 1. The van der Waals surface area contributed by atoms with E-state index >= 15 is 0 Å². The van der Waals surface area contributed by atoms with E-state index in [-0.39, 0.29) is 10.8 Å². The third-order valence-corrected chi connectivity index (χ3v) is 2.58. The topological polar surface area (TPSA) is 95.3 Å². The summed E-state index contributed by atoms with van der Waals surface area (Å²) in [5.74, 6) is -1.57. The number of rotatable bonds is 2. The smallest absolute Gasteiger partial charge is 0.255 e. The molecule has 7 heteroatoms. The minimum Gasteiger partial charge on any atom is -0.492 e. The number of amides is 1. The summed E-state index contributed by atoms with van der Waals surface area (Å²) in [6, 6.07) is 6.88. The van der Waals surface area contributed by atoms with E-state index in [1.165, 1.54) is 0 Å². The van der Waals surface area contributed by atoms with Gasteiger partial charge >= 0.3 is 0 Å². The second-order valence-corrected chi connectivity index (χ2v) is 4.27. The van der Waals surface area contributed by atoms with Crippen molar-refractivity contribution in [3.05, 3.63) is 35.4 Å². The Morgan fingerprint density at radius 2 is 1.89 bits per heavy atom. The zero-order valence-electron chi connectivity index (χ0n) is 9.95. The van der Waals surface area contributed by atoms with Crippen LogP contribution in [-0.2, 0) is 0 Å². The quantitative estimate of drug-likeness (QED) is 0.495. The van der Waals surface area contributed by atoms with Gasteiger partial charge in [0.25, 0.3) is 5.91 Å². The third kappa shape index (κ3) is 2.94. The lowest BCUT2D eigenvalue weighted by Gasteiger charge is -2.08. The second-order valence-electron chi connectivity index (χ2n) is 3.87. The highest BCUT2D eigenvalue weighted by atomic mass is 32.1. The predicted molar refractivity (Wildman–Crippen MR) is 71.7 cm³/mol. The molecule has 0 unspecified atom stereocenters. The molecule has 0 spiro atoms. The van der Waals surface area contributed by atoms with E-state index in [1.807, 2.05) is 13.0 Å². The Hall–Kier alpha value is -2.28. The number of aromatic nitrogens is 2. The van der Waals surface area contributed by atoms with Gasteiger partial charge in [-0.1, -0.05) is 17.7 Å². The number of hydrogen-bond donors (Lipinski definition) is 4. The average Bonchev–Trinajstić information content (AvgIpc) is 2.33. The Morgan fingerprint density at radius 3 is 2.47 bits per heavy atom. The minimum absolute atomic E-state index is 0.0939. The van der Waals surface area contributed by atoms with Gasteiger partial charge in [-0.15, -0.1) is 12.6 Å². The number of aromatic hydroxyl groups is 2. The van der Waals surface area contributed by atoms with Crippen LogP contribution in [0.1, 0.15) is 15.9 Å². The normalized spacial score (nSPS) is 10.2. The Labute approximate surface area is 114 Å². The summed E-state index contributed by atoms with van der Waals surface area (Å²) in [7, 11) is 0. The molecule has 1 aromatic carbocycles. The number of nitrogens with one attached hydrogen (secondary N) is 1. The van der Waals surface area contributed by atoms with Gasteiger partial charge in [0.15, 0.2) is 10.8 Å². The lowest BCUT2D eigenvalue weighted by atomic mass is 10.1. The van der Waals surface area contributed by atoms with E-state index < -0.39 is 17.7 Å². The van der Waals surface area contributed by atoms with Crippen LogP contribution in [0.25, 0.3) is 0 Å². The first-order valence-electron chi connectivity index (χ1n) is 5.34. The van der Waals surface area contributed by atoms with Crippen molar-refractivity contribution < 1.29 is 15.0 Å². The van der Waals surface area contributed by atoms with E-state index in [1.54, 1.807) is 18.2 Å². The molecule has 0 fully saturated rings. The Balaban J connectivity index is 2.29. The van der Waals surface area contributed by atoms with E-state index in [0.717, 1.165) is 5.56 Å². The SMILES string of the molecule is Cc1cccc(C(=O)Nc2c(O)nc(S)nc2O)c1. The summed E-state index contributed by atoms with van der Waals surface area (Å²) in [6.45, 7) is 1.85. The minimum atomic E-state index is -0.543. The van der Waals surface area contributed by atoms with Gasteiger partial charge in [-0.3, -0.25) is 4.79 Å². The second kappa shape index (κ2) is 5.15. The highest BCUT2D eigenvalue weighted by Gasteiger charge is 2.16. The summed E-state index contributed by atoms with van der Waals surface area (Å²) in [5.41, 5.74) is 1.07. The fourth-order valence-electron chi connectivity index (χ4n) is 1.51. The van der Waals surface area contributed by atoms with Gasteiger partial charge in [0.2, 0.25) is 11.8 Å². The van der Waals surface area contributed by atoms with Crippen LogP contribution in [0.2, 0.25) is 0 Å². The number of hydrogen-bond acceptors (Lipinski definition) is 6. The van der Waals surface area contributed by atoms with Crippen LogP contribution in [0, 0.1) is 6.92 Å². The highest BCUT2D eigenvalue weighted by molar-refractivity contribution is 7.80. The number of anilines is 1. The van der Waals surface area contributed by atoms with Crippen LogP contribution in [0.15, 0.2) is 29.4 Å². The molecular formula is C12H11N3O3S. The van der Waals surface area contributed by atoms with Crippen molar-refractivity contribution in [1.29, 1.82) is 0 Å². The number of carbonyl (C=O) groups is 1. The first kappa shape index (κ1) is 13.2. The first-order valence-corrected chi connectivity index (χ1v) is 5.79. The van der Waals surface area contributed by atoms with Crippen molar-refractivity contribution in [2.75, 3.05) is 5.32 Å². The van der Waals surface area contributed by atoms with Gasteiger partial charge in [-0.05, 0) is 19.1 Å². The fourth-order valence-corrected chi connectivity index (χ4v) is 1.70. The monoisotopic (exact) mass is 277 g/mol. The molecule has 0 aliphatic heterocycles. The summed E-state index contributed by atoms with van der Waals surface area (Å²) < 4.78 is 0. The predicted octanol–water partition coefficient (Wildman–Crippen LogP) is 1.74. The molecule has 1 aromatic heterocycles. The van der Waals surface area contributed by atoms with Crippen LogP contribution in [-0.4, -0.2) is 26.1 Å². The molecule has 0 aliphatic carbocycles. The Bertz CT molecular complexity index is 623. The number of aryl methyl sites for hydroxylation is 1. The molecule has 2 rings (SSSR count). The van der Waals surface area contributed by atoms with Gasteiger partial charge in [-0.2, -0.15) is 9.97 Å². The van der Waals surface area contributed by atoms with Crippen LogP contribution >= 0.6 is 12.6 Å². The van der Waals surface area contributed by atoms with Crippen LogP contribution in [0.4, 0.5) is 5.69 Å². The molecule has 0 saturated heterocycles. The number of carbonyl (C=O) groups excluding carboxylic acids is 1. The van der Waals surface area contributed by atoms with Gasteiger partial charge in [-0.25, -0.2) is 0 Å². The summed E-state index contributed by atoms with van der Waals surface area (Å²) >= 11 is 3.79. The van der Waals surface area contributed by atoms with Crippen molar-refractivity contribution >= 4 is 24.2 Å². The number of thiol groups is 1. The molecule has 1 heterocycles. The maximum Gasteiger partial charge on any atom is 0.255 e. The molecular weight excluding hydrogens is 266 g/mol. The van der Waals surface area contributed by atoms with E-state index in [9.17, 15) is 15.0 Å². The molecule has 0 radical (unpaired) electrons. The molecule has 2 aromatic rings. The maximum atomic E-state index is 11.9. The molecule has 0 bridgehead atoms. The lowest BCUT2D eigenvalue weighted by molar-refractivity contribution is 0.102. The lowest BCUT2D eigenvalue weighted by Crippen LogP contribution is -2.13. The molecule has 0 saturated carbocycles. The van der Waals surface area contributed by atoms with E-state index in [4.69, 9.17) is 0 Å². The van der Waals surface area contributed by atoms with Gasteiger partial charge in [0, 0.05) is 5.56 Å². The summed E-state index contributed by atoms with van der Waals surface area (Å²) in [5, 5.41) is 21.4. The molecule has 6 nitrogen and oxygen atoms in total. The zero-order chi connectivity index (χ0) is 14.0. The van der Waals surface area contributed by atoms with E-state index in [0.29, 0.717) is 5.56 Å². The first-order chi connectivity index (χ1) is 8.97. The molecule has 0 aliphatic rings. The van der Waals surface area contributed by atoms with Crippen molar-refractivity contribution in [3.63, 3.8) is 0 Å². The average molecular weight is 277 g/mol. The molecule has 0 atom stereocenters. The van der Waals surface area contributed by atoms with Crippen molar-refractivity contribution in [2.24, 2.45) is 0 Å². The van der Waals surface area contributed by atoms with Gasteiger partial charge in [0.1, 0.15) is 0 Å². The highest BCUT2D eigenvalue weighted by Crippen LogP contribution is 2.30. The largest absolute Gasteiger partial charge is 0.492 e. The van der Waals surface area contributed by atoms with Crippen LogP contribution < -0.4 is 5.32 Å². The molecule has 3 N–H and O–H groups in total. The third-order valence-electron chi connectivity index (χ3n) is 2.38. The Kier molecular flexibility index (Phi) is 3.57. The van der Waals surface area contributed by atoms with Gasteiger partial charge < -0.3 is 15.5 Å². The van der Waals surface area contributed by atoms with E-state index in [2.05, 4.69) is 27.9 Å². The van der Waals surface area contributed by atoms with Gasteiger partial charge in [0.05, 0.1) is 0 Å². The number of nitrogens with zero attached hydrogens (tertiary/aromatic N) is 2. The fraction of sp³-hybridized carbons (Fsp3) is 0.0833. The summed E-state index contributed by atoms with van der Waals surface area (Å²) in [4.78, 5) is 19.0.